The first-order valence-electron chi connectivity index (χ1n) is 7.71. The van der Waals surface area contributed by atoms with Crippen molar-refractivity contribution < 1.29 is 24.2 Å². The van der Waals surface area contributed by atoms with Gasteiger partial charge in [0.2, 0.25) is 5.91 Å². The molecule has 3 amide bonds. The van der Waals surface area contributed by atoms with E-state index in [0.29, 0.717) is 17.9 Å². The molecule has 1 saturated heterocycles. The van der Waals surface area contributed by atoms with Gasteiger partial charge in [-0.1, -0.05) is 19.9 Å². The van der Waals surface area contributed by atoms with Gasteiger partial charge < -0.3 is 15.2 Å². The first-order valence-corrected chi connectivity index (χ1v) is 8.52. The molecule has 1 fully saturated rings. The average molecular weight is 364 g/mol. The summed E-state index contributed by atoms with van der Waals surface area (Å²) in [5.41, 5.74) is 0.549. The maximum absolute atomic E-state index is 12.4. The average Bonchev–Trinajstić information content (AvgIpc) is 2.80. The van der Waals surface area contributed by atoms with E-state index in [0.717, 1.165) is 16.7 Å². The number of methoxy groups -OCH3 is 1. The molecule has 1 heterocycles. The van der Waals surface area contributed by atoms with E-state index < -0.39 is 11.1 Å². The minimum Gasteiger partial charge on any atom is -0.504 e. The Morgan fingerprint density at radius 3 is 2.72 bits per heavy atom. The molecule has 0 bridgehead atoms. The van der Waals surface area contributed by atoms with E-state index in [-0.39, 0.29) is 29.0 Å². The van der Waals surface area contributed by atoms with Crippen molar-refractivity contribution in [3.05, 3.63) is 28.7 Å². The third-order valence-electron chi connectivity index (χ3n) is 3.38. The number of imide groups is 1. The molecule has 2 rings (SSSR count). The predicted octanol–water partition coefficient (Wildman–Crippen LogP) is 2.21. The number of amides is 3. The number of nitrogens with zero attached hydrogens (tertiary/aromatic N) is 1. The van der Waals surface area contributed by atoms with Crippen molar-refractivity contribution in [2.75, 3.05) is 20.2 Å². The van der Waals surface area contributed by atoms with Crippen molar-refractivity contribution in [1.29, 1.82) is 0 Å². The lowest BCUT2D eigenvalue weighted by molar-refractivity contribution is -0.129. The summed E-state index contributed by atoms with van der Waals surface area (Å²) < 4.78 is 4.96. The molecule has 0 spiro atoms. The Hall–Kier alpha value is -2.48. The van der Waals surface area contributed by atoms with Gasteiger partial charge in [0.25, 0.3) is 11.1 Å². The van der Waals surface area contributed by atoms with Gasteiger partial charge in [0.05, 0.1) is 12.0 Å². The second-order valence-corrected chi connectivity index (χ2v) is 6.89. The summed E-state index contributed by atoms with van der Waals surface area (Å²) in [6.45, 7) is 4.08. The van der Waals surface area contributed by atoms with Gasteiger partial charge in [0.15, 0.2) is 11.5 Å². The number of nitrogens with one attached hydrogen (secondary N) is 1. The molecule has 1 aliphatic heterocycles. The quantitative estimate of drug-likeness (QED) is 0.752. The van der Waals surface area contributed by atoms with Crippen LogP contribution in [0.15, 0.2) is 23.1 Å². The van der Waals surface area contributed by atoms with Crippen LogP contribution < -0.4 is 10.1 Å². The van der Waals surface area contributed by atoms with Crippen LogP contribution in [0.25, 0.3) is 6.08 Å². The second-order valence-electron chi connectivity index (χ2n) is 5.90. The molecule has 25 heavy (non-hydrogen) atoms. The van der Waals surface area contributed by atoms with Gasteiger partial charge in [0.1, 0.15) is 6.54 Å². The zero-order chi connectivity index (χ0) is 18.6. The van der Waals surface area contributed by atoms with Crippen LogP contribution in [0, 0.1) is 5.92 Å². The molecular weight excluding hydrogens is 344 g/mol. The summed E-state index contributed by atoms with van der Waals surface area (Å²) in [6, 6.07) is 4.65. The molecule has 134 valence electrons. The van der Waals surface area contributed by atoms with Crippen LogP contribution in [0.5, 0.6) is 11.5 Å². The van der Waals surface area contributed by atoms with Crippen LogP contribution in [0.4, 0.5) is 4.79 Å². The van der Waals surface area contributed by atoms with Gasteiger partial charge in [0, 0.05) is 6.54 Å². The number of ether oxygens (including phenoxy) is 1. The highest BCUT2D eigenvalue weighted by Gasteiger charge is 2.36. The van der Waals surface area contributed by atoms with Crippen LogP contribution in [-0.4, -0.2) is 47.3 Å². The van der Waals surface area contributed by atoms with E-state index >= 15 is 0 Å². The molecule has 8 heteroatoms. The molecule has 2 N–H and O–H groups in total. The Morgan fingerprint density at radius 2 is 2.12 bits per heavy atom. The number of aromatic hydroxyl groups is 1. The zero-order valence-corrected chi connectivity index (χ0v) is 15.1. The van der Waals surface area contributed by atoms with Gasteiger partial charge in [-0.25, -0.2) is 0 Å². The molecule has 0 unspecified atom stereocenters. The van der Waals surface area contributed by atoms with Gasteiger partial charge in [-0.15, -0.1) is 0 Å². The van der Waals surface area contributed by atoms with Crippen molar-refractivity contribution in [3.63, 3.8) is 0 Å². The number of hydrogen-bond acceptors (Lipinski definition) is 6. The molecule has 0 radical (unpaired) electrons. The molecule has 1 aromatic rings. The molecule has 0 atom stereocenters. The van der Waals surface area contributed by atoms with Crippen molar-refractivity contribution in [2.24, 2.45) is 5.92 Å². The summed E-state index contributed by atoms with van der Waals surface area (Å²) in [5, 5.41) is 12.0. The second kappa shape index (κ2) is 8.06. The van der Waals surface area contributed by atoms with E-state index in [1.807, 2.05) is 13.8 Å². The molecular formula is C17H20N2O5S. The molecule has 0 aromatic heterocycles. The minimum atomic E-state index is -0.523. The lowest BCUT2D eigenvalue weighted by Crippen LogP contribution is -2.40. The first kappa shape index (κ1) is 18.9. The van der Waals surface area contributed by atoms with Crippen molar-refractivity contribution >= 4 is 34.9 Å². The standard InChI is InChI=1S/C17H20N2O5S/c1-10(2)8-18-15(21)9-19-16(22)14(25-17(19)23)7-11-4-5-13(24-3)12(20)6-11/h4-7,10,20H,8-9H2,1-3H3,(H,18,21)/b14-7-. The normalized spacial score (nSPS) is 16.0. The van der Waals surface area contributed by atoms with Crippen molar-refractivity contribution in [2.45, 2.75) is 13.8 Å². The van der Waals surface area contributed by atoms with Crippen LogP contribution in [0.1, 0.15) is 19.4 Å². The largest absolute Gasteiger partial charge is 0.504 e. The first-order chi connectivity index (χ1) is 11.8. The predicted molar refractivity (Wildman–Crippen MR) is 95.2 cm³/mol. The molecule has 0 saturated carbocycles. The molecule has 1 aliphatic rings. The number of hydrogen-bond donors (Lipinski definition) is 2. The maximum atomic E-state index is 12.4. The van der Waals surface area contributed by atoms with Crippen molar-refractivity contribution in [3.8, 4) is 11.5 Å². The lowest BCUT2D eigenvalue weighted by Gasteiger charge is -2.13. The summed E-state index contributed by atoms with van der Waals surface area (Å²) in [7, 11) is 1.43. The zero-order valence-electron chi connectivity index (χ0n) is 14.2. The van der Waals surface area contributed by atoms with E-state index in [1.54, 1.807) is 12.1 Å². The highest BCUT2D eigenvalue weighted by atomic mass is 32.2. The van der Waals surface area contributed by atoms with Gasteiger partial charge in [-0.3, -0.25) is 19.3 Å². The van der Waals surface area contributed by atoms with Gasteiger partial charge >= 0.3 is 0 Å². The summed E-state index contributed by atoms with van der Waals surface area (Å²) in [5.74, 6) is -0.374. The van der Waals surface area contributed by atoms with Crippen LogP contribution in [0.3, 0.4) is 0 Å². The van der Waals surface area contributed by atoms with Crippen molar-refractivity contribution in [1.82, 2.24) is 10.2 Å². The number of thioether (sulfide) groups is 1. The Balaban J connectivity index is 2.09. The Labute approximate surface area is 150 Å². The van der Waals surface area contributed by atoms with Crippen LogP contribution in [0.2, 0.25) is 0 Å². The number of carbonyl (C=O) groups excluding carboxylic acids is 3. The fourth-order valence-electron chi connectivity index (χ4n) is 2.10. The van der Waals surface area contributed by atoms with E-state index in [4.69, 9.17) is 4.74 Å². The number of phenols is 1. The topological polar surface area (TPSA) is 95.9 Å². The van der Waals surface area contributed by atoms with Crippen LogP contribution >= 0.6 is 11.8 Å². The third kappa shape index (κ3) is 4.76. The lowest BCUT2D eigenvalue weighted by atomic mass is 10.2. The summed E-state index contributed by atoms with van der Waals surface area (Å²) >= 11 is 0.764. The van der Waals surface area contributed by atoms with E-state index in [9.17, 15) is 19.5 Å². The highest BCUT2D eigenvalue weighted by Crippen LogP contribution is 2.33. The third-order valence-corrected chi connectivity index (χ3v) is 4.29. The van der Waals surface area contributed by atoms with Crippen LogP contribution in [-0.2, 0) is 9.59 Å². The van der Waals surface area contributed by atoms with Gasteiger partial charge in [-0.2, -0.15) is 0 Å². The fourth-order valence-corrected chi connectivity index (χ4v) is 2.94. The molecule has 7 nitrogen and oxygen atoms in total. The minimum absolute atomic E-state index is 0.0662. The fraction of sp³-hybridized carbons (Fsp3) is 0.353. The maximum Gasteiger partial charge on any atom is 0.294 e. The SMILES string of the molecule is COc1ccc(/C=C2\SC(=O)N(CC(=O)NCC(C)C)C2=O)cc1O. The Bertz CT molecular complexity index is 730. The molecule has 0 aliphatic carbocycles. The number of benzene rings is 1. The molecule has 1 aromatic carbocycles. The number of phenolic OH excluding ortho intramolecular Hbond substituents is 1. The summed E-state index contributed by atoms with van der Waals surface area (Å²) in [4.78, 5) is 37.3. The van der Waals surface area contributed by atoms with Gasteiger partial charge in [-0.05, 0) is 41.5 Å². The van der Waals surface area contributed by atoms with E-state index in [2.05, 4.69) is 5.32 Å². The smallest absolute Gasteiger partial charge is 0.294 e. The van der Waals surface area contributed by atoms with E-state index in [1.165, 1.54) is 19.3 Å². The number of carbonyl (C=O) groups is 3. The summed E-state index contributed by atoms with van der Waals surface area (Å²) in [6.07, 6.45) is 1.50. The Morgan fingerprint density at radius 1 is 1.40 bits per heavy atom. The Kier molecular flexibility index (Phi) is 6.08. The monoisotopic (exact) mass is 364 g/mol. The number of rotatable bonds is 6. The highest BCUT2D eigenvalue weighted by molar-refractivity contribution is 8.18.